The number of hydrogen-bond donors (Lipinski definition) is 2. The molecule has 0 unspecified atom stereocenters. The second-order valence-electron chi connectivity index (χ2n) is 6.98. The zero-order chi connectivity index (χ0) is 23.0. The van der Waals surface area contributed by atoms with Gasteiger partial charge in [-0.3, -0.25) is 14.3 Å². The first kappa shape index (κ1) is 22.6. The summed E-state index contributed by atoms with van der Waals surface area (Å²) >= 11 is 0. The van der Waals surface area contributed by atoms with Gasteiger partial charge in [-0.05, 0) is 36.4 Å². The molecule has 0 radical (unpaired) electrons. The van der Waals surface area contributed by atoms with Crippen molar-refractivity contribution in [2.24, 2.45) is 5.92 Å². The Hall–Kier alpha value is -3.12. The van der Waals surface area contributed by atoms with Crippen molar-refractivity contribution in [2.75, 3.05) is 27.2 Å². The second kappa shape index (κ2) is 8.19. The van der Waals surface area contributed by atoms with Crippen molar-refractivity contribution >= 4 is 48.9 Å². The fourth-order valence-corrected chi connectivity index (χ4v) is 6.21. The first-order chi connectivity index (χ1) is 14.4. The van der Waals surface area contributed by atoms with Gasteiger partial charge in [0.05, 0.1) is 30.2 Å². The molecule has 3 rings (SSSR count). The van der Waals surface area contributed by atoms with E-state index in [1.807, 2.05) is 0 Å². The van der Waals surface area contributed by atoms with E-state index in [9.17, 15) is 26.4 Å². The molecule has 10 nitrogen and oxygen atoms in total. The Morgan fingerprint density at radius 1 is 1.16 bits per heavy atom. The molecule has 2 aromatic rings. The highest BCUT2D eigenvalue weighted by molar-refractivity contribution is 7.94. The van der Waals surface area contributed by atoms with Gasteiger partial charge in [0.2, 0.25) is 21.8 Å². The number of carbonyl (C=O) groups is 2. The molecule has 1 aliphatic rings. The number of nitrogens with one attached hydrogen (secondary N) is 2. The Morgan fingerprint density at radius 2 is 1.84 bits per heavy atom. The zero-order valence-corrected chi connectivity index (χ0v) is 18.6. The van der Waals surface area contributed by atoms with Crippen LogP contribution in [0.25, 0.3) is 0 Å². The van der Waals surface area contributed by atoms with E-state index in [-0.39, 0.29) is 33.7 Å². The lowest BCUT2D eigenvalue weighted by molar-refractivity contribution is -0.119. The number of rotatable bonds is 6. The fraction of sp³-hybridized carbons (Fsp3) is 0.263. The second-order valence-corrected chi connectivity index (χ2v) is 10.5. The summed E-state index contributed by atoms with van der Waals surface area (Å²) in [5, 5.41) is 2.55. The van der Waals surface area contributed by atoms with Crippen LogP contribution < -0.4 is 19.1 Å². The van der Waals surface area contributed by atoms with Crippen molar-refractivity contribution in [3.05, 3.63) is 42.5 Å². The average molecular weight is 468 g/mol. The van der Waals surface area contributed by atoms with E-state index in [2.05, 4.69) is 10.0 Å². The molecule has 0 spiro atoms. The molecule has 1 fully saturated rings. The van der Waals surface area contributed by atoms with Gasteiger partial charge >= 0.3 is 0 Å². The third kappa shape index (κ3) is 4.64. The molecule has 0 aliphatic carbocycles. The van der Waals surface area contributed by atoms with Crippen LogP contribution in [0.15, 0.2) is 47.4 Å². The molecule has 12 heteroatoms. The number of hydrogen-bond acceptors (Lipinski definition) is 7. The van der Waals surface area contributed by atoms with Gasteiger partial charge in [-0.25, -0.2) is 21.1 Å². The van der Waals surface area contributed by atoms with Crippen molar-refractivity contribution in [1.82, 2.24) is 0 Å². The summed E-state index contributed by atoms with van der Waals surface area (Å²) in [6.07, 6.45) is 0. The predicted octanol–water partition coefficient (Wildman–Crippen LogP) is 1.77. The third-order valence-corrected chi connectivity index (χ3v) is 7.74. The van der Waals surface area contributed by atoms with Gasteiger partial charge in [0.25, 0.3) is 10.0 Å². The minimum absolute atomic E-state index is 0.0358. The molecule has 0 bridgehead atoms. The summed E-state index contributed by atoms with van der Waals surface area (Å²) in [4.78, 5) is 23.3. The molecule has 0 saturated carbocycles. The van der Waals surface area contributed by atoms with Gasteiger partial charge in [-0.15, -0.1) is 0 Å². The van der Waals surface area contributed by atoms with Crippen LogP contribution in [0.1, 0.15) is 13.8 Å². The van der Waals surface area contributed by atoms with E-state index in [4.69, 9.17) is 4.74 Å². The number of benzene rings is 2. The molecular formula is C19H21N3O7S2. The summed E-state index contributed by atoms with van der Waals surface area (Å²) in [7, 11) is -6.88. The van der Waals surface area contributed by atoms with Crippen molar-refractivity contribution in [1.29, 1.82) is 0 Å². The largest absolute Gasteiger partial charge is 0.495 e. The Kier molecular flexibility index (Phi) is 5.96. The lowest BCUT2D eigenvalue weighted by Crippen LogP contribution is -2.30. The van der Waals surface area contributed by atoms with E-state index in [1.54, 1.807) is 12.1 Å². The summed E-state index contributed by atoms with van der Waals surface area (Å²) in [6, 6.07) is 9.71. The van der Waals surface area contributed by atoms with Crippen molar-refractivity contribution in [2.45, 2.75) is 18.7 Å². The van der Waals surface area contributed by atoms with Crippen LogP contribution in [0, 0.1) is 5.92 Å². The summed E-state index contributed by atoms with van der Waals surface area (Å²) in [5.74, 6) is -2.08. The van der Waals surface area contributed by atoms with E-state index in [1.165, 1.54) is 45.2 Å². The van der Waals surface area contributed by atoms with Crippen molar-refractivity contribution in [3.8, 4) is 5.75 Å². The predicted molar refractivity (Wildman–Crippen MR) is 115 cm³/mol. The number of amides is 2. The van der Waals surface area contributed by atoms with Crippen molar-refractivity contribution in [3.63, 3.8) is 0 Å². The molecule has 31 heavy (non-hydrogen) atoms. The van der Waals surface area contributed by atoms with E-state index in [0.29, 0.717) is 9.99 Å². The number of nitrogens with zero attached hydrogens (tertiary/aromatic N) is 1. The van der Waals surface area contributed by atoms with Crippen LogP contribution in [-0.2, 0) is 29.6 Å². The van der Waals surface area contributed by atoms with Gasteiger partial charge in [0.15, 0.2) is 0 Å². The molecule has 1 heterocycles. The van der Waals surface area contributed by atoms with Gasteiger partial charge < -0.3 is 10.1 Å². The quantitative estimate of drug-likeness (QED) is 0.660. The molecule has 2 aromatic carbocycles. The zero-order valence-electron chi connectivity index (χ0n) is 16.9. The molecule has 1 atom stereocenters. The topological polar surface area (TPSA) is 139 Å². The first-order valence-corrected chi connectivity index (χ1v) is 12.2. The van der Waals surface area contributed by atoms with Gasteiger partial charge in [0.1, 0.15) is 10.6 Å². The van der Waals surface area contributed by atoms with E-state index >= 15 is 0 Å². The summed E-state index contributed by atoms with van der Waals surface area (Å²) < 4.78 is 59.0. The van der Waals surface area contributed by atoms with Crippen LogP contribution >= 0.6 is 0 Å². The van der Waals surface area contributed by atoms with Crippen LogP contribution in [0.2, 0.25) is 0 Å². The third-order valence-electron chi connectivity index (χ3n) is 4.47. The molecular weight excluding hydrogens is 446 g/mol. The number of carbonyl (C=O) groups excluding carboxylic acids is 2. The first-order valence-electron chi connectivity index (χ1n) is 9.10. The molecule has 1 saturated heterocycles. The highest BCUT2D eigenvalue weighted by Gasteiger charge is 2.42. The Labute approximate surface area is 180 Å². The summed E-state index contributed by atoms with van der Waals surface area (Å²) in [5.41, 5.74) is 0.455. The number of methoxy groups -OCH3 is 1. The minimum atomic E-state index is -4.24. The molecule has 0 aromatic heterocycles. The molecule has 166 valence electrons. The lowest BCUT2D eigenvalue weighted by atomic mass is 10.2. The Morgan fingerprint density at radius 3 is 2.42 bits per heavy atom. The van der Waals surface area contributed by atoms with Crippen LogP contribution in [-0.4, -0.2) is 41.5 Å². The highest BCUT2D eigenvalue weighted by Crippen LogP contribution is 2.34. The Balaban J connectivity index is 2.02. The Bertz CT molecular complexity index is 1260. The minimum Gasteiger partial charge on any atom is -0.495 e. The maximum absolute atomic E-state index is 13.1. The van der Waals surface area contributed by atoms with E-state index < -0.39 is 31.9 Å². The van der Waals surface area contributed by atoms with Gasteiger partial charge in [-0.1, -0.05) is 13.0 Å². The van der Waals surface area contributed by atoms with Crippen LogP contribution in [0.3, 0.4) is 0 Å². The molecule has 1 aliphatic heterocycles. The number of sulfonamides is 2. The van der Waals surface area contributed by atoms with Crippen molar-refractivity contribution < 1.29 is 31.2 Å². The highest BCUT2D eigenvalue weighted by atomic mass is 32.2. The number of ether oxygens (including phenoxy) is 1. The SMILES string of the molecule is COc1ccc(N2C(=O)[C@@H](C)CS2(=O)=O)cc1S(=O)(=O)Nc1cccc(NC(C)=O)c1. The average Bonchev–Trinajstić information content (AvgIpc) is 2.87. The monoisotopic (exact) mass is 467 g/mol. The van der Waals surface area contributed by atoms with Gasteiger partial charge in [-0.2, -0.15) is 0 Å². The van der Waals surface area contributed by atoms with E-state index in [0.717, 1.165) is 6.07 Å². The summed E-state index contributed by atoms with van der Waals surface area (Å²) in [6.45, 7) is 2.81. The maximum atomic E-state index is 13.1. The molecule has 2 N–H and O–H groups in total. The fourth-order valence-electron chi connectivity index (χ4n) is 3.16. The smallest absolute Gasteiger partial charge is 0.265 e. The number of anilines is 3. The van der Waals surface area contributed by atoms with Crippen LogP contribution in [0.5, 0.6) is 5.75 Å². The van der Waals surface area contributed by atoms with Gasteiger partial charge in [0, 0.05) is 12.6 Å². The lowest BCUT2D eigenvalue weighted by Gasteiger charge is -2.18. The molecule has 2 amide bonds. The van der Waals surface area contributed by atoms with Crippen LogP contribution in [0.4, 0.5) is 17.1 Å². The maximum Gasteiger partial charge on any atom is 0.265 e. The standard InChI is InChI=1S/C19H21N3O7S2/c1-12-11-30(25,26)22(19(12)24)16-7-8-17(29-3)18(10-16)31(27,28)21-15-6-4-5-14(9-15)20-13(2)23/h4-10,12,21H,11H2,1-3H3,(H,20,23)/t12-/m0/s1. The normalized spacial score (nSPS) is 18.0.